The van der Waals surface area contributed by atoms with Gasteiger partial charge in [-0.25, -0.2) is 4.21 Å². The van der Waals surface area contributed by atoms with Crippen molar-refractivity contribution in [1.29, 1.82) is 0 Å². The van der Waals surface area contributed by atoms with Crippen LogP contribution in [0.2, 0.25) is 0 Å². The Bertz CT molecular complexity index is 635. The number of nitrogens with one attached hydrogen (secondary N) is 3. The van der Waals surface area contributed by atoms with E-state index in [4.69, 9.17) is 4.28 Å². The van der Waals surface area contributed by atoms with Crippen LogP contribution >= 0.6 is 0 Å². The molecule has 2 rings (SSSR count). The lowest BCUT2D eigenvalue weighted by molar-refractivity contribution is -0.109. The average Bonchev–Trinajstić information content (AvgIpc) is 2.53. The standard InChI is InChI=1S/C14H15N3O3S/c1-11-7-8-12(16-15-10-18)9-14(11)17-20-21(19)13-5-3-2-4-6-13/h2-10,16-17H,1H3,(H,15,18). The molecule has 1 unspecified atom stereocenters. The van der Waals surface area contributed by atoms with Crippen LogP contribution in [0.3, 0.4) is 0 Å². The third kappa shape index (κ3) is 4.30. The van der Waals surface area contributed by atoms with Crippen molar-refractivity contribution in [2.45, 2.75) is 11.8 Å². The molecule has 110 valence electrons. The molecule has 2 aromatic carbocycles. The van der Waals surface area contributed by atoms with Crippen LogP contribution in [-0.4, -0.2) is 10.6 Å². The maximum atomic E-state index is 11.9. The maximum absolute atomic E-state index is 11.9. The van der Waals surface area contributed by atoms with Gasteiger partial charge < -0.3 is 0 Å². The maximum Gasteiger partial charge on any atom is 0.225 e. The number of aryl methyl sites for hydroxylation is 1. The molecule has 0 spiro atoms. The molecule has 1 atom stereocenters. The molecule has 7 heteroatoms. The number of hydrogen-bond acceptors (Lipinski definition) is 5. The van der Waals surface area contributed by atoms with Gasteiger partial charge in [0.05, 0.1) is 16.3 Å². The van der Waals surface area contributed by atoms with E-state index in [-0.39, 0.29) is 0 Å². The highest BCUT2D eigenvalue weighted by Crippen LogP contribution is 2.20. The largest absolute Gasteiger partial charge is 0.299 e. The first-order valence-corrected chi connectivity index (χ1v) is 7.24. The molecule has 0 aliphatic heterocycles. The minimum absolute atomic E-state index is 0.536. The molecule has 6 nitrogen and oxygen atoms in total. The van der Waals surface area contributed by atoms with Gasteiger partial charge in [0, 0.05) is 0 Å². The lowest BCUT2D eigenvalue weighted by Crippen LogP contribution is -2.19. The van der Waals surface area contributed by atoms with Gasteiger partial charge in [-0.05, 0) is 36.8 Å². The zero-order valence-electron chi connectivity index (χ0n) is 11.3. The predicted molar refractivity (Wildman–Crippen MR) is 81.6 cm³/mol. The second-order valence-electron chi connectivity index (χ2n) is 4.15. The molecule has 3 N–H and O–H groups in total. The third-order valence-corrected chi connectivity index (χ3v) is 3.57. The highest BCUT2D eigenvalue weighted by atomic mass is 32.2. The topological polar surface area (TPSA) is 79.5 Å². The van der Waals surface area contributed by atoms with Gasteiger partial charge in [-0.3, -0.25) is 21.1 Å². The second kappa shape index (κ2) is 7.41. The average molecular weight is 305 g/mol. The fourth-order valence-electron chi connectivity index (χ4n) is 1.58. The highest BCUT2D eigenvalue weighted by Gasteiger charge is 2.06. The highest BCUT2D eigenvalue weighted by molar-refractivity contribution is 7.80. The Morgan fingerprint density at radius 3 is 2.62 bits per heavy atom. The van der Waals surface area contributed by atoms with Gasteiger partial charge in [0.1, 0.15) is 0 Å². The van der Waals surface area contributed by atoms with E-state index in [1.165, 1.54) is 0 Å². The van der Waals surface area contributed by atoms with Gasteiger partial charge in [-0.1, -0.05) is 24.3 Å². The fourth-order valence-corrected chi connectivity index (χ4v) is 2.23. The molecule has 0 aliphatic carbocycles. The number of hydrogen-bond donors (Lipinski definition) is 3. The van der Waals surface area contributed by atoms with Crippen molar-refractivity contribution in [3.63, 3.8) is 0 Å². The van der Waals surface area contributed by atoms with Gasteiger partial charge in [0.25, 0.3) is 0 Å². The van der Waals surface area contributed by atoms with Crippen LogP contribution in [0.15, 0.2) is 53.4 Å². The van der Waals surface area contributed by atoms with Crippen molar-refractivity contribution < 1.29 is 13.3 Å². The van der Waals surface area contributed by atoms with E-state index in [2.05, 4.69) is 16.3 Å². The zero-order chi connectivity index (χ0) is 15.1. The Balaban J connectivity index is 2.02. The first kappa shape index (κ1) is 15.0. The fraction of sp³-hybridized carbons (Fsp3) is 0.0714. The van der Waals surface area contributed by atoms with E-state index in [1.807, 2.05) is 19.1 Å². The summed E-state index contributed by atoms with van der Waals surface area (Å²) >= 11 is -1.61. The lowest BCUT2D eigenvalue weighted by atomic mass is 10.2. The van der Waals surface area contributed by atoms with Crippen molar-refractivity contribution in [3.8, 4) is 0 Å². The first-order chi connectivity index (χ1) is 10.2. The summed E-state index contributed by atoms with van der Waals surface area (Å²) in [7, 11) is 0. The molecule has 0 fully saturated rings. The van der Waals surface area contributed by atoms with Crippen LogP contribution < -0.4 is 16.3 Å². The molecule has 21 heavy (non-hydrogen) atoms. The number of rotatable bonds is 7. The Morgan fingerprint density at radius 1 is 1.14 bits per heavy atom. The van der Waals surface area contributed by atoms with Crippen LogP contribution in [0, 0.1) is 6.92 Å². The van der Waals surface area contributed by atoms with Crippen LogP contribution in [0.4, 0.5) is 11.4 Å². The van der Waals surface area contributed by atoms with Crippen molar-refractivity contribution in [3.05, 3.63) is 54.1 Å². The summed E-state index contributed by atoms with van der Waals surface area (Å²) in [6.45, 7) is 1.88. The van der Waals surface area contributed by atoms with Gasteiger partial charge >= 0.3 is 0 Å². The summed E-state index contributed by atoms with van der Waals surface area (Å²) in [5.74, 6) is 0. The quantitative estimate of drug-likeness (QED) is 0.539. The Morgan fingerprint density at radius 2 is 1.90 bits per heavy atom. The predicted octanol–water partition coefficient (Wildman–Crippen LogP) is 2.13. The molecule has 0 aromatic heterocycles. The summed E-state index contributed by atoms with van der Waals surface area (Å²) in [5.41, 5.74) is 9.94. The summed E-state index contributed by atoms with van der Waals surface area (Å²) in [4.78, 5) is 10.8. The number of carbonyl (C=O) groups is 1. The third-order valence-electron chi connectivity index (χ3n) is 2.68. The number of amides is 1. The number of hydrazine groups is 1. The number of carbonyl (C=O) groups excluding carboxylic acids is 1. The minimum Gasteiger partial charge on any atom is -0.299 e. The summed E-state index contributed by atoms with van der Waals surface area (Å²) in [6.07, 6.45) is 0.536. The monoisotopic (exact) mass is 305 g/mol. The van der Waals surface area contributed by atoms with Crippen LogP contribution in [-0.2, 0) is 20.2 Å². The molecular weight excluding hydrogens is 290 g/mol. The summed E-state index contributed by atoms with van der Waals surface area (Å²) in [5, 5.41) is 0. The zero-order valence-corrected chi connectivity index (χ0v) is 12.1. The van der Waals surface area contributed by atoms with E-state index < -0.39 is 11.1 Å². The van der Waals surface area contributed by atoms with Gasteiger partial charge in [-0.2, -0.15) is 4.28 Å². The molecule has 0 saturated heterocycles. The van der Waals surface area contributed by atoms with Crippen LogP contribution in [0.5, 0.6) is 0 Å². The van der Waals surface area contributed by atoms with Crippen molar-refractivity contribution in [2.24, 2.45) is 0 Å². The Hall–Kier alpha value is -2.38. The van der Waals surface area contributed by atoms with E-state index in [0.717, 1.165) is 5.56 Å². The summed E-state index contributed by atoms with van der Waals surface area (Å²) in [6, 6.07) is 14.2. The second-order valence-corrected chi connectivity index (χ2v) is 5.26. The van der Waals surface area contributed by atoms with Crippen molar-refractivity contribution in [2.75, 3.05) is 10.9 Å². The Labute approximate surface area is 125 Å². The van der Waals surface area contributed by atoms with E-state index in [9.17, 15) is 9.00 Å². The first-order valence-electron chi connectivity index (χ1n) is 6.16. The molecule has 0 heterocycles. The smallest absolute Gasteiger partial charge is 0.225 e. The molecule has 0 bridgehead atoms. The number of benzene rings is 2. The van der Waals surface area contributed by atoms with Crippen molar-refractivity contribution >= 4 is 28.9 Å². The van der Waals surface area contributed by atoms with E-state index in [1.54, 1.807) is 36.4 Å². The lowest BCUT2D eigenvalue weighted by Gasteiger charge is -2.11. The SMILES string of the molecule is Cc1ccc(NNC=O)cc1NOS(=O)c1ccccc1. The van der Waals surface area contributed by atoms with Gasteiger partial charge in [0.2, 0.25) is 17.5 Å². The molecule has 1 amide bonds. The van der Waals surface area contributed by atoms with E-state index in [0.29, 0.717) is 22.7 Å². The van der Waals surface area contributed by atoms with Crippen molar-refractivity contribution in [1.82, 2.24) is 5.43 Å². The van der Waals surface area contributed by atoms with E-state index >= 15 is 0 Å². The van der Waals surface area contributed by atoms with Crippen LogP contribution in [0.1, 0.15) is 5.56 Å². The van der Waals surface area contributed by atoms with Crippen LogP contribution in [0.25, 0.3) is 0 Å². The number of anilines is 2. The molecular formula is C14H15N3O3S. The minimum atomic E-state index is -1.61. The normalized spacial score (nSPS) is 11.5. The Kier molecular flexibility index (Phi) is 5.30. The molecule has 0 saturated carbocycles. The molecule has 0 radical (unpaired) electrons. The van der Waals surface area contributed by atoms with Gasteiger partial charge in [0.15, 0.2) is 0 Å². The summed E-state index contributed by atoms with van der Waals surface area (Å²) < 4.78 is 17.1. The molecule has 2 aromatic rings. The molecule has 0 aliphatic rings. The van der Waals surface area contributed by atoms with Gasteiger partial charge in [-0.15, -0.1) is 0 Å².